The molecule has 0 saturated carbocycles. The first-order valence-corrected chi connectivity index (χ1v) is 15.5. The van der Waals surface area contributed by atoms with Crippen LogP contribution >= 0.6 is 22.9 Å². The van der Waals surface area contributed by atoms with Gasteiger partial charge >= 0.3 is 6.01 Å². The molecule has 1 amide bonds. The van der Waals surface area contributed by atoms with E-state index in [1.54, 1.807) is 6.07 Å². The molecule has 7 rings (SSSR count). The molecule has 5 heterocycles. The van der Waals surface area contributed by atoms with Gasteiger partial charge in [-0.15, -0.1) is 0 Å². The van der Waals surface area contributed by atoms with Crippen molar-refractivity contribution in [3.63, 3.8) is 0 Å². The fraction of sp³-hybridized carbons (Fsp3) is 0.400. The van der Waals surface area contributed by atoms with Gasteiger partial charge in [0.25, 0.3) is 0 Å². The monoisotopic (exact) mass is 625 g/mol. The first kappa shape index (κ1) is 28.2. The number of rotatable bonds is 6. The smallest absolute Gasteiger partial charge is 0.319 e. The number of benzene rings is 2. The second kappa shape index (κ2) is 10.5. The lowest BCUT2D eigenvalue weighted by atomic mass is 9.86. The van der Waals surface area contributed by atoms with Gasteiger partial charge in [0.05, 0.1) is 20.8 Å². The number of nitrogens with two attached hydrogens (primary N) is 1. The van der Waals surface area contributed by atoms with Gasteiger partial charge in [-0.2, -0.15) is 9.97 Å². The second-order valence-electron chi connectivity index (χ2n) is 11.6. The first-order valence-electron chi connectivity index (χ1n) is 14.3. The summed E-state index contributed by atoms with van der Waals surface area (Å²) < 4.78 is 37.5. The lowest BCUT2D eigenvalue weighted by molar-refractivity contribution is -0.130. The predicted octanol–water partition coefficient (Wildman–Crippen LogP) is 5.26. The molecule has 13 heteroatoms. The number of fused-ring (bicyclic) bond motifs is 2. The number of nitrogens with zero attached hydrogens (tertiary/aromatic N) is 6. The van der Waals surface area contributed by atoms with Crippen LogP contribution < -0.4 is 15.4 Å². The summed E-state index contributed by atoms with van der Waals surface area (Å²) in [4.78, 5) is 32.2. The van der Waals surface area contributed by atoms with Gasteiger partial charge < -0.3 is 25.2 Å². The molecule has 43 heavy (non-hydrogen) atoms. The summed E-state index contributed by atoms with van der Waals surface area (Å²) in [6, 6.07) is 4.61. The Bertz CT molecular complexity index is 1790. The number of likely N-dealkylation sites (tertiary alicyclic amines) is 2. The summed E-state index contributed by atoms with van der Waals surface area (Å²) in [5, 5.41) is 0.691. The van der Waals surface area contributed by atoms with Crippen molar-refractivity contribution in [3.8, 4) is 17.1 Å². The van der Waals surface area contributed by atoms with E-state index in [2.05, 4.69) is 21.4 Å². The first-order chi connectivity index (χ1) is 20.7. The lowest BCUT2D eigenvalue weighted by Gasteiger charge is -2.53. The van der Waals surface area contributed by atoms with Gasteiger partial charge in [0, 0.05) is 42.2 Å². The van der Waals surface area contributed by atoms with E-state index in [-0.39, 0.29) is 54.9 Å². The Hall–Kier alpha value is -3.61. The molecule has 1 atom stereocenters. The van der Waals surface area contributed by atoms with Crippen LogP contribution in [0.4, 0.5) is 19.7 Å². The average molecular weight is 626 g/mol. The number of hydrogen-bond acceptors (Lipinski definition) is 9. The second-order valence-corrected chi connectivity index (χ2v) is 13.0. The normalized spacial score (nSPS) is 20.0. The molecule has 0 aliphatic carbocycles. The molecule has 3 aliphatic rings. The topological polar surface area (TPSA) is 101 Å². The average Bonchev–Trinajstić information content (AvgIpc) is 3.70. The molecule has 9 nitrogen and oxygen atoms in total. The molecule has 0 radical (unpaired) electrons. The molecule has 3 saturated heterocycles. The molecule has 4 aromatic rings. The minimum atomic E-state index is -0.687. The van der Waals surface area contributed by atoms with E-state index in [0.717, 1.165) is 43.6 Å². The van der Waals surface area contributed by atoms with Gasteiger partial charge in [0.15, 0.2) is 10.9 Å². The highest BCUT2D eigenvalue weighted by Crippen LogP contribution is 2.45. The van der Waals surface area contributed by atoms with Crippen LogP contribution in [0.25, 0.3) is 32.2 Å². The SMILES string of the molecule is C=CC(=O)N1CCCC12CN(c1nc(OC[C@@H]3CCCN3C)nc3c(F)c(-c4ccc(F)c5sc(N)nc45)c(Cl)cc13)C2. The molecule has 2 aromatic carbocycles. The van der Waals surface area contributed by atoms with Crippen LogP contribution in [0.5, 0.6) is 6.01 Å². The fourth-order valence-corrected chi connectivity index (χ4v) is 7.86. The molecule has 224 valence electrons. The number of hydrogen-bond donors (Lipinski definition) is 1. The van der Waals surface area contributed by atoms with Gasteiger partial charge in [-0.25, -0.2) is 13.8 Å². The van der Waals surface area contributed by atoms with Crippen molar-refractivity contribution >= 4 is 60.9 Å². The third-order valence-electron chi connectivity index (χ3n) is 9.01. The van der Waals surface area contributed by atoms with Crippen molar-refractivity contribution in [2.45, 2.75) is 37.3 Å². The van der Waals surface area contributed by atoms with Crippen LogP contribution in [0.2, 0.25) is 5.02 Å². The quantitative estimate of drug-likeness (QED) is 0.290. The van der Waals surface area contributed by atoms with Crippen molar-refractivity contribution in [2.75, 3.05) is 50.5 Å². The largest absolute Gasteiger partial charge is 0.462 e. The van der Waals surface area contributed by atoms with Crippen molar-refractivity contribution in [1.29, 1.82) is 0 Å². The summed E-state index contributed by atoms with van der Waals surface area (Å²) in [6.45, 7) is 6.74. The Balaban J connectivity index is 1.33. The number of carbonyl (C=O) groups excluding carboxylic acids is 1. The van der Waals surface area contributed by atoms with Gasteiger partial charge in [0.1, 0.15) is 23.8 Å². The van der Waals surface area contributed by atoms with E-state index in [1.165, 1.54) is 18.2 Å². The Kier molecular flexibility index (Phi) is 6.90. The van der Waals surface area contributed by atoms with E-state index in [9.17, 15) is 9.18 Å². The van der Waals surface area contributed by atoms with E-state index < -0.39 is 11.6 Å². The highest BCUT2D eigenvalue weighted by molar-refractivity contribution is 7.22. The number of halogens is 3. The molecular weight excluding hydrogens is 596 g/mol. The van der Waals surface area contributed by atoms with Crippen molar-refractivity contribution < 1.29 is 18.3 Å². The van der Waals surface area contributed by atoms with Crippen molar-refractivity contribution in [3.05, 3.63) is 47.5 Å². The summed E-state index contributed by atoms with van der Waals surface area (Å²) in [5.41, 5.74) is 6.19. The highest BCUT2D eigenvalue weighted by Gasteiger charge is 2.52. The van der Waals surface area contributed by atoms with Crippen LogP contribution in [-0.4, -0.2) is 82.1 Å². The summed E-state index contributed by atoms with van der Waals surface area (Å²) in [7, 11) is 2.05. The van der Waals surface area contributed by atoms with Crippen LogP contribution in [0.15, 0.2) is 30.9 Å². The number of anilines is 2. The zero-order chi connectivity index (χ0) is 30.0. The number of ether oxygens (including phenoxy) is 1. The molecule has 0 bridgehead atoms. The Morgan fingerprint density at radius 3 is 2.79 bits per heavy atom. The third kappa shape index (κ3) is 4.58. The number of aromatic nitrogens is 3. The molecular formula is C30H30ClF2N7O2S. The van der Waals surface area contributed by atoms with Gasteiger partial charge in [0.2, 0.25) is 5.91 Å². The maximum atomic E-state index is 16.6. The number of thiazole rings is 1. The van der Waals surface area contributed by atoms with E-state index in [0.29, 0.717) is 43.0 Å². The zero-order valence-electron chi connectivity index (χ0n) is 23.6. The maximum Gasteiger partial charge on any atom is 0.319 e. The van der Waals surface area contributed by atoms with Gasteiger partial charge in [-0.1, -0.05) is 29.5 Å². The Morgan fingerprint density at radius 2 is 2.05 bits per heavy atom. The number of carbonyl (C=O) groups is 1. The molecule has 1 spiro atoms. The lowest BCUT2D eigenvalue weighted by Crippen LogP contribution is -2.69. The number of nitrogen functional groups attached to an aromatic ring is 1. The van der Waals surface area contributed by atoms with Crippen LogP contribution in [0, 0.1) is 11.6 Å². The molecule has 2 N–H and O–H groups in total. The molecule has 3 aliphatic heterocycles. The van der Waals surface area contributed by atoms with Crippen LogP contribution in [0.1, 0.15) is 25.7 Å². The van der Waals surface area contributed by atoms with E-state index >= 15 is 4.39 Å². The molecule has 2 aromatic heterocycles. The number of likely N-dealkylation sites (N-methyl/N-ethyl adjacent to an activating group) is 1. The standard InChI is InChI=1S/C30H30ClF2N7O2S/c1-3-21(41)40-11-5-9-30(40)14-39(15-30)27-18-12-19(31)22(17-7-8-20(32)26-25(17)35-28(34)43-26)23(33)24(18)36-29(37-27)42-13-16-6-4-10-38(16)2/h3,7-8,12,16H,1,4-6,9-11,13-15H2,2H3,(H2,34,35)/t16-/m0/s1. The van der Waals surface area contributed by atoms with Gasteiger partial charge in [-0.3, -0.25) is 4.79 Å². The maximum absolute atomic E-state index is 16.6. The van der Waals surface area contributed by atoms with Crippen LogP contribution in [-0.2, 0) is 4.79 Å². The fourth-order valence-electron chi connectivity index (χ4n) is 6.80. The highest BCUT2D eigenvalue weighted by atomic mass is 35.5. The Morgan fingerprint density at radius 1 is 1.23 bits per heavy atom. The summed E-state index contributed by atoms with van der Waals surface area (Å²) in [5.74, 6) is -0.794. The van der Waals surface area contributed by atoms with E-state index in [1.807, 2.05) is 16.8 Å². The molecule has 3 fully saturated rings. The zero-order valence-corrected chi connectivity index (χ0v) is 25.1. The Labute approximate surface area is 255 Å². The summed E-state index contributed by atoms with van der Waals surface area (Å²) in [6.07, 6.45) is 5.18. The predicted molar refractivity (Wildman–Crippen MR) is 165 cm³/mol. The van der Waals surface area contributed by atoms with E-state index in [4.69, 9.17) is 27.1 Å². The molecule has 0 unspecified atom stereocenters. The minimum Gasteiger partial charge on any atom is -0.462 e. The van der Waals surface area contributed by atoms with Gasteiger partial charge in [-0.05, 0) is 63.6 Å². The van der Waals surface area contributed by atoms with Crippen molar-refractivity contribution in [2.24, 2.45) is 0 Å². The third-order valence-corrected chi connectivity index (χ3v) is 10.2. The summed E-state index contributed by atoms with van der Waals surface area (Å²) >= 11 is 7.76. The van der Waals surface area contributed by atoms with Crippen molar-refractivity contribution in [1.82, 2.24) is 24.8 Å². The number of amides is 1. The minimum absolute atomic E-state index is 0.0336. The van der Waals surface area contributed by atoms with Crippen LogP contribution in [0.3, 0.4) is 0 Å².